The van der Waals surface area contributed by atoms with E-state index >= 15 is 0 Å². The van der Waals surface area contributed by atoms with E-state index in [1.54, 1.807) is 12.1 Å². The van der Waals surface area contributed by atoms with Gasteiger partial charge in [0.1, 0.15) is 11.4 Å². The van der Waals surface area contributed by atoms with E-state index in [4.69, 9.17) is 4.74 Å². The zero-order valence-electron chi connectivity index (χ0n) is 12.4. The topological polar surface area (TPSA) is 110 Å². The molecule has 0 spiro atoms. The highest BCUT2D eigenvalue weighted by Crippen LogP contribution is 2.14. The summed E-state index contributed by atoms with van der Waals surface area (Å²) in [6, 6.07) is 6.01. The predicted molar refractivity (Wildman–Crippen MR) is 82.5 cm³/mol. The van der Waals surface area contributed by atoms with Gasteiger partial charge in [0, 0.05) is 25.5 Å². The lowest BCUT2D eigenvalue weighted by Crippen LogP contribution is -2.35. The van der Waals surface area contributed by atoms with E-state index < -0.39 is 15.9 Å². The van der Waals surface area contributed by atoms with Gasteiger partial charge in [0.05, 0.1) is 18.2 Å². The number of methoxy groups -OCH3 is 1. The van der Waals surface area contributed by atoms with E-state index in [2.05, 4.69) is 20.0 Å². The molecule has 23 heavy (non-hydrogen) atoms. The van der Waals surface area contributed by atoms with E-state index in [0.29, 0.717) is 5.75 Å². The molecule has 0 saturated heterocycles. The summed E-state index contributed by atoms with van der Waals surface area (Å²) >= 11 is 0. The van der Waals surface area contributed by atoms with Crippen LogP contribution in [0.25, 0.3) is 0 Å². The standard InChI is InChI=1S/C14H16N4O4S/c1-22-11-2-4-12(5-3-11)23(20,21)18-9-8-17-14(19)13-10-15-6-7-16-13/h2-7,10,18H,8-9H2,1H3,(H,17,19). The summed E-state index contributed by atoms with van der Waals surface area (Å²) in [4.78, 5) is 19.5. The molecule has 9 heteroatoms. The highest BCUT2D eigenvalue weighted by atomic mass is 32.2. The molecule has 0 aliphatic heterocycles. The maximum Gasteiger partial charge on any atom is 0.271 e. The first-order valence-corrected chi connectivity index (χ1v) is 8.19. The van der Waals surface area contributed by atoms with Crippen LogP contribution in [0, 0.1) is 0 Å². The van der Waals surface area contributed by atoms with Crippen LogP contribution in [0.1, 0.15) is 10.5 Å². The van der Waals surface area contributed by atoms with Crippen molar-refractivity contribution in [1.29, 1.82) is 0 Å². The Bertz CT molecular complexity index is 748. The Morgan fingerprint density at radius 1 is 1.17 bits per heavy atom. The summed E-state index contributed by atoms with van der Waals surface area (Å²) in [5.41, 5.74) is 0.172. The van der Waals surface area contributed by atoms with E-state index in [0.717, 1.165) is 0 Å². The summed E-state index contributed by atoms with van der Waals surface area (Å²) in [5, 5.41) is 2.55. The van der Waals surface area contributed by atoms with Gasteiger partial charge in [-0.15, -0.1) is 0 Å². The van der Waals surface area contributed by atoms with Gasteiger partial charge in [0.15, 0.2) is 0 Å². The van der Waals surface area contributed by atoms with Gasteiger partial charge < -0.3 is 10.1 Å². The van der Waals surface area contributed by atoms with Gasteiger partial charge in [-0.05, 0) is 24.3 Å². The second-order valence-corrected chi connectivity index (χ2v) is 6.19. The molecule has 2 aromatic rings. The Balaban J connectivity index is 1.84. The minimum Gasteiger partial charge on any atom is -0.497 e. The Morgan fingerprint density at radius 2 is 1.91 bits per heavy atom. The van der Waals surface area contributed by atoms with Gasteiger partial charge in [-0.1, -0.05) is 0 Å². The number of carbonyl (C=O) groups is 1. The third kappa shape index (κ3) is 4.73. The maximum absolute atomic E-state index is 12.1. The molecule has 0 aliphatic rings. The molecule has 1 aromatic carbocycles. The van der Waals surface area contributed by atoms with Gasteiger partial charge in [0.25, 0.3) is 5.91 Å². The minimum atomic E-state index is -3.63. The van der Waals surface area contributed by atoms with Gasteiger partial charge in [-0.2, -0.15) is 0 Å². The lowest BCUT2D eigenvalue weighted by atomic mass is 10.3. The number of carbonyl (C=O) groups excluding carboxylic acids is 1. The van der Waals surface area contributed by atoms with Crippen molar-refractivity contribution in [2.24, 2.45) is 0 Å². The molecule has 2 rings (SSSR count). The average molecular weight is 336 g/mol. The van der Waals surface area contributed by atoms with Crippen LogP contribution >= 0.6 is 0 Å². The Labute approximate surface area is 134 Å². The number of benzene rings is 1. The largest absolute Gasteiger partial charge is 0.497 e. The first-order valence-electron chi connectivity index (χ1n) is 6.71. The fourth-order valence-corrected chi connectivity index (χ4v) is 2.74. The van der Waals surface area contributed by atoms with E-state index in [-0.39, 0.29) is 23.7 Å². The molecule has 1 aromatic heterocycles. The van der Waals surface area contributed by atoms with E-state index in [1.165, 1.54) is 37.8 Å². The molecule has 0 bridgehead atoms. The Kier molecular flexibility index (Phi) is 5.61. The molecule has 0 aliphatic carbocycles. The number of nitrogens with zero attached hydrogens (tertiary/aromatic N) is 2. The van der Waals surface area contributed by atoms with Crippen molar-refractivity contribution in [3.63, 3.8) is 0 Å². The zero-order valence-corrected chi connectivity index (χ0v) is 13.2. The fourth-order valence-electron chi connectivity index (χ4n) is 1.71. The third-order valence-electron chi connectivity index (χ3n) is 2.87. The molecule has 2 N–H and O–H groups in total. The lowest BCUT2D eigenvalue weighted by Gasteiger charge is -2.08. The Morgan fingerprint density at radius 3 is 2.52 bits per heavy atom. The van der Waals surface area contributed by atoms with Crippen LogP contribution in [0.5, 0.6) is 5.75 Å². The van der Waals surface area contributed by atoms with Crippen molar-refractivity contribution >= 4 is 15.9 Å². The number of sulfonamides is 1. The second-order valence-electron chi connectivity index (χ2n) is 4.42. The van der Waals surface area contributed by atoms with Crippen molar-refractivity contribution in [3.8, 4) is 5.75 Å². The normalized spacial score (nSPS) is 11.0. The number of hydrogen-bond acceptors (Lipinski definition) is 6. The van der Waals surface area contributed by atoms with Gasteiger partial charge in [-0.3, -0.25) is 9.78 Å². The van der Waals surface area contributed by atoms with Gasteiger partial charge in [0.2, 0.25) is 10.0 Å². The summed E-state index contributed by atoms with van der Waals surface area (Å²) < 4.78 is 31.5. The summed E-state index contributed by atoms with van der Waals surface area (Å²) in [5.74, 6) is 0.155. The highest BCUT2D eigenvalue weighted by Gasteiger charge is 2.13. The summed E-state index contributed by atoms with van der Waals surface area (Å²) in [6.07, 6.45) is 4.19. The minimum absolute atomic E-state index is 0.0559. The summed E-state index contributed by atoms with van der Waals surface area (Å²) in [7, 11) is -2.13. The van der Waals surface area contributed by atoms with Crippen molar-refractivity contribution in [1.82, 2.24) is 20.0 Å². The van der Waals surface area contributed by atoms with Crippen LogP contribution in [0.4, 0.5) is 0 Å². The molecule has 0 atom stereocenters. The van der Waals surface area contributed by atoms with Crippen LogP contribution in [0.2, 0.25) is 0 Å². The van der Waals surface area contributed by atoms with Crippen LogP contribution in [0.15, 0.2) is 47.8 Å². The number of hydrogen-bond donors (Lipinski definition) is 2. The summed E-state index contributed by atoms with van der Waals surface area (Å²) in [6.45, 7) is 0.186. The van der Waals surface area contributed by atoms with Crippen molar-refractivity contribution in [2.75, 3.05) is 20.2 Å². The smallest absolute Gasteiger partial charge is 0.271 e. The third-order valence-corrected chi connectivity index (χ3v) is 4.35. The first-order chi connectivity index (χ1) is 11.0. The van der Waals surface area contributed by atoms with Gasteiger partial charge in [-0.25, -0.2) is 18.1 Å². The van der Waals surface area contributed by atoms with Crippen molar-refractivity contribution < 1.29 is 17.9 Å². The molecule has 0 fully saturated rings. The van der Waals surface area contributed by atoms with Crippen LogP contribution in [-0.4, -0.2) is 44.5 Å². The molecule has 1 amide bonds. The number of ether oxygens (including phenoxy) is 1. The highest BCUT2D eigenvalue weighted by molar-refractivity contribution is 7.89. The number of rotatable bonds is 7. The van der Waals surface area contributed by atoms with Gasteiger partial charge >= 0.3 is 0 Å². The number of nitrogens with one attached hydrogen (secondary N) is 2. The molecule has 0 unspecified atom stereocenters. The maximum atomic E-state index is 12.1. The molecular formula is C14H16N4O4S. The predicted octanol–water partition coefficient (Wildman–Crippen LogP) is 0.194. The van der Waals surface area contributed by atoms with Crippen LogP contribution < -0.4 is 14.8 Å². The van der Waals surface area contributed by atoms with Crippen molar-refractivity contribution in [2.45, 2.75) is 4.90 Å². The zero-order chi connectivity index (χ0) is 16.7. The molecule has 8 nitrogen and oxygen atoms in total. The van der Waals surface area contributed by atoms with Crippen molar-refractivity contribution in [3.05, 3.63) is 48.5 Å². The first kappa shape index (κ1) is 16.8. The Hall–Kier alpha value is -2.52. The molecular weight excluding hydrogens is 320 g/mol. The fraction of sp³-hybridized carbons (Fsp3) is 0.214. The SMILES string of the molecule is COc1ccc(S(=O)(=O)NCCNC(=O)c2cnccn2)cc1. The molecule has 0 saturated carbocycles. The van der Waals surface area contributed by atoms with E-state index in [9.17, 15) is 13.2 Å². The number of aromatic nitrogens is 2. The van der Waals surface area contributed by atoms with E-state index in [1.807, 2.05) is 0 Å². The quantitative estimate of drug-likeness (QED) is 0.699. The van der Waals surface area contributed by atoms with Crippen LogP contribution in [-0.2, 0) is 10.0 Å². The molecule has 122 valence electrons. The average Bonchev–Trinajstić information content (AvgIpc) is 2.59. The van der Waals surface area contributed by atoms with Crippen LogP contribution in [0.3, 0.4) is 0 Å². The lowest BCUT2D eigenvalue weighted by molar-refractivity contribution is 0.0949. The molecule has 1 heterocycles. The number of amides is 1. The second kappa shape index (κ2) is 7.65. The molecule has 0 radical (unpaired) electrons. The monoisotopic (exact) mass is 336 g/mol.